The molecule has 7 heteroatoms. The molecule has 1 aromatic carbocycles. The molecule has 0 heterocycles. The van der Waals surface area contributed by atoms with Crippen molar-refractivity contribution >= 4 is 15.9 Å². The Labute approximate surface area is 125 Å². The highest BCUT2D eigenvalue weighted by atomic mass is 32.2. The maximum absolute atomic E-state index is 11.5. The van der Waals surface area contributed by atoms with Crippen molar-refractivity contribution in [3.63, 3.8) is 0 Å². The number of rotatable bonds is 6. The van der Waals surface area contributed by atoms with Crippen molar-refractivity contribution in [3.05, 3.63) is 23.3 Å². The molecule has 0 aliphatic rings. The third-order valence-electron chi connectivity index (χ3n) is 2.79. The topological polar surface area (TPSA) is 98.5 Å². The summed E-state index contributed by atoms with van der Waals surface area (Å²) in [6, 6.07) is 3.02. The van der Waals surface area contributed by atoms with Crippen LogP contribution in [0.3, 0.4) is 0 Å². The third-order valence-corrected chi connectivity index (χ3v) is 3.68. The van der Waals surface area contributed by atoms with Crippen LogP contribution in [0, 0.1) is 13.8 Å². The zero-order chi connectivity index (χ0) is 16.2. The molecule has 0 saturated heterocycles. The first kappa shape index (κ1) is 17.5. The van der Waals surface area contributed by atoms with Gasteiger partial charge in [0.2, 0.25) is 15.9 Å². The van der Waals surface area contributed by atoms with Gasteiger partial charge in [-0.15, -0.1) is 0 Å². The summed E-state index contributed by atoms with van der Waals surface area (Å²) in [5, 5.41) is 7.88. The quantitative estimate of drug-likeness (QED) is 0.825. The predicted octanol–water partition coefficient (Wildman–Crippen LogP) is 1.24. The largest absolute Gasteiger partial charge is 0.493 e. The first-order valence-electron chi connectivity index (χ1n) is 6.67. The number of nitrogens with one attached hydrogen (secondary N) is 1. The van der Waals surface area contributed by atoms with Gasteiger partial charge in [-0.05, 0) is 51.0 Å². The Bertz CT molecular complexity index is 601. The number of nitrogens with two attached hydrogens (primary N) is 1. The molecule has 0 unspecified atom stereocenters. The minimum atomic E-state index is -3.73. The molecule has 0 atom stereocenters. The lowest BCUT2D eigenvalue weighted by Crippen LogP contribution is -2.31. The summed E-state index contributed by atoms with van der Waals surface area (Å²) in [5.74, 6) is 0.501. The Hall–Kier alpha value is -1.60. The summed E-state index contributed by atoms with van der Waals surface area (Å²) >= 11 is 0. The van der Waals surface area contributed by atoms with Gasteiger partial charge in [0.15, 0.2) is 0 Å². The van der Waals surface area contributed by atoms with Crippen LogP contribution in [0.4, 0.5) is 0 Å². The highest BCUT2D eigenvalue weighted by Crippen LogP contribution is 2.26. The number of carbonyl (C=O) groups excluding carboxylic acids is 1. The summed E-state index contributed by atoms with van der Waals surface area (Å²) in [5.41, 5.74) is 1.34. The van der Waals surface area contributed by atoms with Gasteiger partial charge in [0, 0.05) is 6.04 Å². The van der Waals surface area contributed by atoms with Crippen LogP contribution < -0.4 is 15.2 Å². The number of amides is 1. The van der Waals surface area contributed by atoms with E-state index in [9.17, 15) is 13.2 Å². The van der Waals surface area contributed by atoms with Crippen molar-refractivity contribution in [2.24, 2.45) is 5.14 Å². The SMILES string of the molecule is Cc1cc(S(N)(=O)=O)cc(C)c1OCCC(=O)NC(C)C. The maximum Gasteiger partial charge on any atom is 0.238 e. The van der Waals surface area contributed by atoms with Crippen molar-refractivity contribution in [1.82, 2.24) is 5.32 Å². The number of carbonyl (C=O) groups is 1. The van der Waals surface area contributed by atoms with Gasteiger partial charge >= 0.3 is 0 Å². The zero-order valence-electron chi connectivity index (χ0n) is 12.8. The van der Waals surface area contributed by atoms with Crippen LogP contribution in [-0.4, -0.2) is 27.0 Å². The van der Waals surface area contributed by atoms with Gasteiger partial charge in [-0.25, -0.2) is 13.6 Å². The predicted molar refractivity (Wildman–Crippen MR) is 80.7 cm³/mol. The van der Waals surface area contributed by atoms with Gasteiger partial charge in [0.1, 0.15) is 5.75 Å². The molecular weight excluding hydrogens is 292 g/mol. The molecule has 0 aliphatic heterocycles. The molecule has 0 radical (unpaired) electrons. The molecule has 21 heavy (non-hydrogen) atoms. The molecule has 0 fully saturated rings. The van der Waals surface area contributed by atoms with E-state index in [1.165, 1.54) is 12.1 Å². The second-order valence-corrected chi connectivity index (χ2v) is 6.81. The van der Waals surface area contributed by atoms with E-state index >= 15 is 0 Å². The Morgan fingerprint density at radius 2 is 1.81 bits per heavy atom. The van der Waals surface area contributed by atoms with Crippen LogP contribution in [0.25, 0.3) is 0 Å². The third kappa shape index (κ3) is 5.35. The van der Waals surface area contributed by atoms with E-state index in [0.717, 1.165) is 0 Å². The second-order valence-electron chi connectivity index (χ2n) is 5.25. The van der Waals surface area contributed by atoms with Crippen LogP contribution in [0.2, 0.25) is 0 Å². The van der Waals surface area contributed by atoms with Crippen molar-refractivity contribution in [2.75, 3.05) is 6.61 Å². The normalized spacial score (nSPS) is 11.5. The monoisotopic (exact) mass is 314 g/mol. The van der Waals surface area contributed by atoms with Gasteiger partial charge < -0.3 is 10.1 Å². The van der Waals surface area contributed by atoms with E-state index in [2.05, 4.69) is 5.32 Å². The fraction of sp³-hybridized carbons (Fsp3) is 0.500. The molecule has 1 aromatic rings. The molecule has 118 valence electrons. The zero-order valence-corrected chi connectivity index (χ0v) is 13.6. The number of ether oxygens (including phenoxy) is 1. The molecule has 1 amide bonds. The first-order valence-corrected chi connectivity index (χ1v) is 8.22. The van der Waals surface area contributed by atoms with E-state index in [-0.39, 0.29) is 29.9 Å². The van der Waals surface area contributed by atoms with Crippen molar-refractivity contribution in [2.45, 2.75) is 45.1 Å². The number of hydrogen-bond acceptors (Lipinski definition) is 4. The second kappa shape index (κ2) is 6.91. The van der Waals surface area contributed by atoms with Crippen LogP contribution in [0.1, 0.15) is 31.4 Å². The van der Waals surface area contributed by atoms with E-state index in [1.807, 2.05) is 13.8 Å². The first-order chi connectivity index (χ1) is 9.61. The fourth-order valence-corrected chi connectivity index (χ4v) is 2.62. The van der Waals surface area contributed by atoms with Gasteiger partial charge in [-0.2, -0.15) is 0 Å². The molecule has 0 spiro atoms. The Morgan fingerprint density at radius 3 is 2.24 bits per heavy atom. The molecule has 6 nitrogen and oxygen atoms in total. The number of sulfonamides is 1. The Kier molecular flexibility index (Phi) is 5.74. The van der Waals surface area contributed by atoms with Crippen LogP contribution in [-0.2, 0) is 14.8 Å². The smallest absolute Gasteiger partial charge is 0.238 e. The molecule has 0 saturated carbocycles. The minimum Gasteiger partial charge on any atom is -0.493 e. The molecule has 0 aromatic heterocycles. The highest BCUT2D eigenvalue weighted by Gasteiger charge is 2.14. The minimum absolute atomic E-state index is 0.0578. The number of primary sulfonamides is 1. The van der Waals surface area contributed by atoms with E-state index < -0.39 is 10.0 Å². The summed E-state index contributed by atoms with van der Waals surface area (Å²) in [4.78, 5) is 11.6. The Balaban J connectivity index is 2.75. The molecule has 3 N–H and O–H groups in total. The Morgan fingerprint density at radius 1 is 1.29 bits per heavy atom. The highest BCUT2D eigenvalue weighted by molar-refractivity contribution is 7.89. The average molecular weight is 314 g/mol. The maximum atomic E-state index is 11.5. The molecule has 0 aliphatic carbocycles. The molecular formula is C14H22N2O4S. The lowest BCUT2D eigenvalue weighted by atomic mass is 10.1. The lowest BCUT2D eigenvalue weighted by molar-refractivity contribution is -0.122. The average Bonchev–Trinajstić information content (AvgIpc) is 2.30. The number of hydrogen-bond donors (Lipinski definition) is 2. The lowest BCUT2D eigenvalue weighted by Gasteiger charge is -2.14. The molecule has 0 bridgehead atoms. The summed E-state index contributed by atoms with van der Waals surface area (Å²) in [6.07, 6.45) is 0.244. The van der Waals surface area contributed by atoms with Gasteiger partial charge in [0.25, 0.3) is 0 Å². The number of benzene rings is 1. The fourth-order valence-electron chi connectivity index (χ4n) is 1.94. The van der Waals surface area contributed by atoms with E-state index in [1.54, 1.807) is 13.8 Å². The van der Waals surface area contributed by atoms with Crippen molar-refractivity contribution in [3.8, 4) is 5.75 Å². The summed E-state index contributed by atoms with van der Waals surface area (Å²) in [7, 11) is -3.73. The summed E-state index contributed by atoms with van der Waals surface area (Å²) in [6.45, 7) is 7.49. The van der Waals surface area contributed by atoms with Crippen LogP contribution in [0.5, 0.6) is 5.75 Å². The van der Waals surface area contributed by atoms with E-state index in [4.69, 9.17) is 9.88 Å². The van der Waals surface area contributed by atoms with Crippen LogP contribution >= 0.6 is 0 Å². The molecule has 1 rings (SSSR count). The number of aryl methyl sites for hydroxylation is 2. The van der Waals surface area contributed by atoms with E-state index in [0.29, 0.717) is 16.9 Å². The van der Waals surface area contributed by atoms with Crippen molar-refractivity contribution < 1.29 is 17.9 Å². The standard InChI is InChI=1S/C14H22N2O4S/c1-9(2)16-13(17)5-6-20-14-10(3)7-12(8-11(14)4)21(15,18)19/h7-9H,5-6H2,1-4H3,(H,16,17)(H2,15,18,19). The van der Waals surface area contributed by atoms with Gasteiger partial charge in [-0.3, -0.25) is 4.79 Å². The van der Waals surface area contributed by atoms with Gasteiger partial charge in [0.05, 0.1) is 17.9 Å². The van der Waals surface area contributed by atoms with Crippen molar-refractivity contribution in [1.29, 1.82) is 0 Å². The van der Waals surface area contributed by atoms with Gasteiger partial charge in [-0.1, -0.05) is 0 Å². The van der Waals surface area contributed by atoms with Crippen LogP contribution in [0.15, 0.2) is 17.0 Å². The summed E-state index contributed by atoms with van der Waals surface area (Å²) < 4.78 is 28.3.